The second-order valence-electron chi connectivity index (χ2n) is 7.49. The maximum absolute atomic E-state index is 13.3. The lowest BCUT2D eigenvalue weighted by atomic mass is 10.1. The van der Waals surface area contributed by atoms with Crippen LogP contribution in [0.3, 0.4) is 0 Å². The van der Waals surface area contributed by atoms with Crippen LogP contribution in [0.1, 0.15) is 17.0 Å². The van der Waals surface area contributed by atoms with Crippen LogP contribution < -0.4 is 9.64 Å². The molecule has 2 aromatic heterocycles. The van der Waals surface area contributed by atoms with E-state index in [1.807, 2.05) is 37.6 Å². The summed E-state index contributed by atoms with van der Waals surface area (Å²) in [5.41, 5.74) is 1.56. The van der Waals surface area contributed by atoms with Gasteiger partial charge in [0, 0.05) is 44.6 Å². The molecule has 0 atom stereocenters. The Hall–Kier alpha value is -2.98. The standard InChI is InChI=1S/C21H26N6O3S/c1-15-16(2)19(6-5-18(15)30-4)31(28,29)26-11-9-25(10-12-26)20-13-21(24-14-23-20)27-8-7-22-17(27)3/h5-8,13-14H,9-12H2,1-4H3. The van der Waals surface area contributed by atoms with Crippen molar-refractivity contribution in [3.63, 3.8) is 0 Å². The molecule has 164 valence electrons. The summed E-state index contributed by atoms with van der Waals surface area (Å²) in [5, 5.41) is 0. The van der Waals surface area contributed by atoms with Crippen LogP contribution >= 0.6 is 0 Å². The molecule has 3 aromatic rings. The number of anilines is 1. The Bertz CT molecular complexity index is 1200. The minimum atomic E-state index is -3.59. The molecule has 0 bridgehead atoms. The van der Waals surface area contributed by atoms with Gasteiger partial charge in [-0.1, -0.05) is 0 Å². The van der Waals surface area contributed by atoms with Crippen LogP contribution in [-0.2, 0) is 10.0 Å². The van der Waals surface area contributed by atoms with Crippen LogP contribution in [-0.4, -0.2) is 65.5 Å². The van der Waals surface area contributed by atoms with Crippen LogP contribution in [0, 0.1) is 20.8 Å². The Morgan fingerprint density at radius 1 is 0.935 bits per heavy atom. The molecule has 0 saturated carbocycles. The van der Waals surface area contributed by atoms with Gasteiger partial charge in [0.25, 0.3) is 0 Å². The SMILES string of the molecule is COc1ccc(S(=O)(=O)N2CCN(c3cc(-n4ccnc4C)ncn3)CC2)c(C)c1C. The molecule has 0 amide bonds. The number of sulfonamides is 1. The predicted molar refractivity (Wildman–Crippen MR) is 117 cm³/mol. The van der Waals surface area contributed by atoms with Gasteiger partial charge in [-0.2, -0.15) is 4.31 Å². The minimum Gasteiger partial charge on any atom is -0.496 e. The van der Waals surface area contributed by atoms with E-state index in [1.165, 1.54) is 6.33 Å². The third kappa shape index (κ3) is 3.88. The first kappa shape index (κ1) is 21.3. The first-order chi connectivity index (χ1) is 14.8. The van der Waals surface area contributed by atoms with E-state index in [-0.39, 0.29) is 0 Å². The quantitative estimate of drug-likeness (QED) is 0.597. The molecule has 0 radical (unpaired) electrons. The summed E-state index contributed by atoms with van der Waals surface area (Å²) < 4.78 is 35.3. The number of imidazole rings is 1. The number of rotatable bonds is 5. The highest BCUT2D eigenvalue weighted by Crippen LogP contribution is 2.29. The average molecular weight is 443 g/mol. The van der Waals surface area contributed by atoms with E-state index < -0.39 is 10.0 Å². The molecule has 0 N–H and O–H groups in total. The van der Waals surface area contributed by atoms with Gasteiger partial charge in [0.1, 0.15) is 29.5 Å². The van der Waals surface area contributed by atoms with Gasteiger partial charge in [-0.3, -0.25) is 4.57 Å². The van der Waals surface area contributed by atoms with Crippen molar-refractivity contribution < 1.29 is 13.2 Å². The van der Waals surface area contributed by atoms with Crippen molar-refractivity contribution in [3.8, 4) is 11.6 Å². The number of aromatic nitrogens is 4. The van der Waals surface area contributed by atoms with E-state index in [0.29, 0.717) is 36.8 Å². The van der Waals surface area contributed by atoms with Crippen LogP contribution in [0.4, 0.5) is 5.82 Å². The van der Waals surface area contributed by atoms with Crippen molar-refractivity contribution in [1.29, 1.82) is 0 Å². The van der Waals surface area contributed by atoms with Gasteiger partial charge in [0.2, 0.25) is 10.0 Å². The molecule has 10 heteroatoms. The molecule has 1 saturated heterocycles. The molecule has 9 nitrogen and oxygen atoms in total. The molecule has 1 aromatic carbocycles. The van der Waals surface area contributed by atoms with Gasteiger partial charge in [-0.25, -0.2) is 23.4 Å². The van der Waals surface area contributed by atoms with Crippen molar-refractivity contribution in [2.24, 2.45) is 0 Å². The Kier molecular flexibility index (Phi) is 5.67. The number of benzene rings is 1. The van der Waals surface area contributed by atoms with Gasteiger partial charge in [-0.15, -0.1) is 0 Å². The number of hydrogen-bond donors (Lipinski definition) is 0. The van der Waals surface area contributed by atoms with Gasteiger partial charge in [0.05, 0.1) is 12.0 Å². The molecule has 1 aliphatic heterocycles. The molecule has 31 heavy (non-hydrogen) atoms. The fraction of sp³-hybridized carbons (Fsp3) is 0.381. The summed E-state index contributed by atoms with van der Waals surface area (Å²) in [6.07, 6.45) is 5.10. The Balaban J connectivity index is 1.52. The number of nitrogens with zero attached hydrogens (tertiary/aromatic N) is 6. The minimum absolute atomic E-state index is 0.333. The maximum Gasteiger partial charge on any atom is 0.243 e. The van der Waals surface area contributed by atoms with E-state index in [4.69, 9.17) is 4.74 Å². The third-order valence-corrected chi connectivity index (χ3v) is 7.84. The Labute approximate surface area is 182 Å². The summed E-state index contributed by atoms with van der Waals surface area (Å²) in [5.74, 6) is 3.03. The van der Waals surface area contributed by atoms with Gasteiger partial charge < -0.3 is 9.64 Å². The lowest BCUT2D eigenvalue weighted by molar-refractivity contribution is 0.383. The van der Waals surface area contributed by atoms with E-state index in [9.17, 15) is 8.42 Å². The second-order valence-corrected chi connectivity index (χ2v) is 9.39. The third-order valence-electron chi connectivity index (χ3n) is 5.80. The topological polar surface area (TPSA) is 93.5 Å². The first-order valence-electron chi connectivity index (χ1n) is 10.0. The zero-order valence-electron chi connectivity index (χ0n) is 18.1. The van der Waals surface area contributed by atoms with Gasteiger partial charge >= 0.3 is 0 Å². The molecule has 0 unspecified atom stereocenters. The van der Waals surface area contributed by atoms with Crippen LogP contribution in [0.25, 0.3) is 5.82 Å². The van der Waals surface area contributed by atoms with Crippen molar-refractivity contribution >= 4 is 15.8 Å². The highest BCUT2D eigenvalue weighted by molar-refractivity contribution is 7.89. The summed E-state index contributed by atoms with van der Waals surface area (Å²) >= 11 is 0. The lowest BCUT2D eigenvalue weighted by Gasteiger charge is -2.35. The Morgan fingerprint density at radius 2 is 1.65 bits per heavy atom. The lowest BCUT2D eigenvalue weighted by Crippen LogP contribution is -2.49. The van der Waals surface area contributed by atoms with Crippen molar-refractivity contribution in [3.05, 3.63) is 53.9 Å². The zero-order valence-corrected chi connectivity index (χ0v) is 18.9. The number of aryl methyl sites for hydroxylation is 1. The second kappa shape index (κ2) is 8.27. The van der Waals surface area contributed by atoms with Crippen molar-refractivity contribution in [2.45, 2.75) is 25.7 Å². The van der Waals surface area contributed by atoms with Gasteiger partial charge in [0.15, 0.2) is 0 Å². The normalized spacial score (nSPS) is 15.3. The number of hydrogen-bond acceptors (Lipinski definition) is 7. The average Bonchev–Trinajstić information content (AvgIpc) is 3.21. The monoisotopic (exact) mass is 442 g/mol. The molecule has 4 rings (SSSR count). The zero-order chi connectivity index (χ0) is 22.2. The fourth-order valence-corrected chi connectivity index (χ4v) is 5.53. The molecule has 1 aliphatic rings. The predicted octanol–water partition coefficient (Wildman–Crippen LogP) is 2.11. The number of piperazine rings is 1. The largest absolute Gasteiger partial charge is 0.496 e. The number of ether oxygens (including phenoxy) is 1. The summed E-state index contributed by atoms with van der Waals surface area (Å²) in [6, 6.07) is 5.24. The first-order valence-corrected chi connectivity index (χ1v) is 11.5. The fourth-order valence-electron chi connectivity index (χ4n) is 3.83. The van der Waals surface area contributed by atoms with E-state index in [2.05, 4.69) is 19.9 Å². The van der Waals surface area contributed by atoms with Crippen LogP contribution in [0.2, 0.25) is 0 Å². The maximum atomic E-state index is 13.3. The molecule has 3 heterocycles. The smallest absolute Gasteiger partial charge is 0.243 e. The highest BCUT2D eigenvalue weighted by Gasteiger charge is 2.31. The highest BCUT2D eigenvalue weighted by atomic mass is 32.2. The van der Waals surface area contributed by atoms with E-state index in [0.717, 1.165) is 28.6 Å². The molecule has 0 aliphatic carbocycles. The van der Waals surface area contributed by atoms with Gasteiger partial charge in [-0.05, 0) is 44.0 Å². The summed E-state index contributed by atoms with van der Waals surface area (Å²) in [7, 11) is -2.00. The Morgan fingerprint density at radius 3 is 2.29 bits per heavy atom. The van der Waals surface area contributed by atoms with E-state index >= 15 is 0 Å². The molecular formula is C21H26N6O3S. The van der Waals surface area contributed by atoms with Crippen LogP contribution in [0.5, 0.6) is 5.75 Å². The summed E-state index contributed by atoms with van der Waals surface area (Å²) in [6.45, 7) is 7.47. The molecular weight excluding hydrogens is 416 g/mol. The van der Waals surface area contributed by atoms with Crippen molar-refractivity contribution in [2.75, 3.05) is 38.2 Å². The summed E-state index contributed by atoms with van der Waals surface area (Å²) in [4.78, 5) is 15.4. The molecule has 0 spiro atoms. The number of methoxy groups -OCH3 is 1. The van der Waals surface area contributed by atoms with E-state index in [1.54, 1.807) is 29.7 Å². The van der Waals surface area contributed by atoms with Crippen molar-refractivity contribution in [1.82, 2.24) is 23.8 Å². The van der Waals surface area contributed by atoms with Crippen LogP contribution in [0.15, 0.2) is 41.8 Å². The molecule has 1 fully saturated rings.